The van der Waals surface area contributed by atoms with E-state index >= 15 is 0 Å². The average molecular weight is 349 g/mol. The fourth-order valence-corrected chi connectivity index (χ4v) is 4.51. The maximum Gasteiger partial charge on any atom is 0.324 e. The fraction of sp³-hybridized carbons (Fsp3) is 0.455. The van der Waals surface area contributed by atoms with Gasteiger partial charge in [0.2, 0.25) is 10.0 Å². The molecule has 0 spiro atoms. The molecule has 0 amide bonds. The highest BCUT2D eigenvalue weighted by Crippen LogP contribution is 2.34. The molecule has 2 rings (SSSR count). The van der Waals surface area contributed by atoms with Crippen molar-refractivity contribution < 1.29 is 18.3 Å². The molecular weight excluding hydrogens is 336 g/mol. The quantitative estimate of drug-likeness (QED) is 0.893. The molecule has 2 heterocycles. The molecule has 1 aromatic heterocycles. The minimum atomic E-state index is -3.85. The van der Waals surface area contributed by atoms with Crippen molar-refractivity contribution in [2.24, 2.45) is 0 Å². The summed E-state index contributed by atoms with van der Waals surface area (Å²) < 4.78 is 26.6. The van der Waals surface area contributed by atoms with Crippen LogP contribution in [0.5, 0.6) is 0 Å². The summed E-state index contributed by atoms with van der Waals surface area (Å²) >= 11 is 3.16. The molecule has 8 heteroatoms. The van der Waals surface area contributed by atoms with Crippen molar-refractivity contribution in [3.63, 3.8) is 0 Å². The topological polar surface area (TPSA) is 87.6 Å². The lowest BCUT2D eigenvalue weighted by molar-refractivity contribution is -0.146. The second kappa shape index (κ2) is 4.84. The molecule has 0 aromatic carbocycles. The highest BCUT2D eigenvalue weighted by atomic mass is 79.9. The Balaban J connectivity index is 2.48. The predicted molar refractivity (Wildman–Crippen MR) is 71.1 cm³/mol. The van der Waals surface area contributed by atoms with Gasteiger partial charge in [-0.25, -0.2) is 8.42 Å². The molecule has 1 saturated heterocycles. The summed E-state index contributed by atoms with van der Waals surface area (Å²) in [5, 5.41) is 9.28. The van der Waals surface area contributed by atoms with E-state index in [4.69, 9.17) is 0 Å². The number of nitrogens with zero attached hydrogens (tertiary/aromatic N) is 2. The first-order chi connectivity index (χ1) is 8.78. The standard InChI is InChI=1S/C11H13BrN2O4S/c1-11(10(15)16)3-2-4-14(11)19(17,18)9-5-8(12)6-13-7-9/h5-7H,2-4H2,1H3,(H,15,16)/t11-/m1/s1. The first kappa shape index (κ1) is 14.4. The average Bonchev–Trinajstić information content (AvgIpc) is 2.73. The van der Waals surface area contributed by atoms with Gasteiger partial charge in [-0.05, 0) is 41.8 Å². The number of sulfonamides is 1. The molecule has 6 nitrogen and oxygen atoms in total. The van der Waals surface area contributed by atoms with Crippen LogP contribution in [0, 0.1) is 0 Å². The van der Waals surface area contributed by atoms with E-state index in [2.05, 4.69) is 20.9 Å². The zero-order valence-corrected chi connectivity index (χ0v) is 12.6. The van der Waals surface area contributed by atoms with Gasteiger partial charge in [-0.3, -0.25) is 9.78 Å². The molecule has 1 aliphatic rings. The smallest absolute Gasteiger partial charge is 0.324 e. The third-order valence-electron chi connectivity index (χ3n) is 3.30. The van der Waals surface area contributed by atoms with Gasteiger partial charge in [-0.2, -0.15) is 4.31 Å². The minimum Gasteiger partial charge on any atom is -0.480 e. The Kier molecular flexibility index (Phi) is 3.67. The Morgan fingerprint density at radius 3 is 2.79 bits per heavy atom. The molecular formula is C11H13BrN2O4S. The molecule has 1 N–H and O–H groups in total. The van der Waals surface area contributed by atoms with E-state index in [1.54, 1.807) is 0 Å². The van der Waals surface area contributed by atoms with E-state index in [9.17, 15) is 18.3 Å². The van der Waals surface area contributed by atoms with Crippen LogP contribution in [0.3, 0.4) is 0 Å². The second-order valence-electron chi connectivity index (χ2n) is 4.60. The Labute approximate surface area is 119 Å². The van der Waals surface area contributed by atoms with Crippen LogP contribution in [-0.2, 0) is 14.8 Å². The van der Waals surface area contributed by atoms with E-state index in [1.165, 1.54) is 25.4 Å². The molecule has 0 bridgehead atoms. The van der Waals surface area contributed by atoms with Gasteiger partial charge < -0.3 is 5.11 Å². The second-order valence-corrected chi connectivity index (χ2v) is 7.38. The van der Waals surface area contributed by atoms with Crippen molar-refractivity contribution in [3.8, 4) is 0 Å². The van der Waals surface area contributed by atoms with Gasteiger partial charge in [0, 0.05) is 23.4 Å². The van der Waals surface area contributed by atoms with Crippen LogP contribution in [-0.4, -0.2) is 40.9 Å². The number of carbonyl (C=O) groups is 1. The minimum absolute atomic E-state index is 0.00347. The number of aliphatic carboxylic acids is 1. The number of pyridine rings is 1. The number of carboxylic acids is 1. The SMILES string of the molecule is C[C@]1(C(=O)O)CCCN1S(=O)(=O)c1cncc(Br)c1. The molecule has 1 aromatic rings. The first-order valence-corrected chi connectivity index (χ1v) is 7.88. The number of halogens is 1. The Hall–Kier alpha value is -0.990. The van der Waals surface area contributed by atoms with Crippen molar-refractivity contribution in [1.82, 2.24) is 9.29 Å². The van der Waals surface area contributed by atoms with Crippen LogP contribution < -0.4 is 0 Å². The highest BCUT2D eigenvalue weighted by Gasteiger charge is 2.49. The number of hydrogen-bond donors (Lipinski definition) is 1. The summed E-state index contributed by atoms with van der Waals surface area (Å²) in [6.07, 6.45) is 3.53. The number of rotatable bonds is 3. The van der Waals surface area contributed by atoms with Crippen molar-refractivity contribution in [1.29, 1.82) is 0 Å². The maximum absolute atomic E-state index is 12.5. The molecule has 104 valence electrons. The third kappa shape index (κ3) is 2.39. The van der Waals surface area contributed by atoms with Crippen LogP contribution in [0.25, 0.3) is 0 Å². The molecule has 19 heavy (non-hydrogen) atoms. The molecule has 0 aliphatic carbocycles. The van der Waals surface area contributed by atoms with E-state index in [-0.39, 0.29) is 11.4 Å². The Morgan fingerprint density at radius 1 is 1.53 bits per heavy atom. The Bertz CT molecular complexity index is 619. The summed E-state index contributed by atoms with van der Waals surface area (Å²) in [6.45, 7) is 1.64. The van der Waals surface area contributed by atoms with Gasteiger partial charge in [-0.1, -0.05) is 0 Å². The lowest BCUT2D eigenvalue weighted by atomic mass is 10.0. The normalized spacial score (nSPS) is 24.5. The summed E-state index contributed by atoms with van der Waals surface area (Å²) in [7, 11) is -3.85. The lowest BCUT2D eigenvalue weighted by Crippen LogP contribution is -2.50. The molecule has 0 saturated carbocycles. The van der Waals surface area contributed by atoms with Crippen LogP contribution in [0.2, 0.25) is 0 Å². The van der Waals surface area contributed by atoms with Gasteiger partial charge in [0.05, 0.1) is 0 Å². The molecule has 1 fully saturated rings. The van der Waals surface area contributed by atoms with Crippen LogP contribution >= 0.6 is 15.9 Å². The summed E-state index contributed by atoms with van der Waals surface area (Å²) in [5.41, 5.74) is -1.39. The summed E-state index contributed by atoms with van der Waals surface area (Å²) in [6, 6.07) is 1.42. The zero-order valence-electron chi connectivity index (χ0n) is 10.2. The van der Waals surface area contributed by atoms with Crippen molar-refractivity contribution in [2.45, 2.75) is 30.2 Å². The maximum atomic E-state index is 12.5. The molecule has 0 unspecified atom stereocenters. The van der Waals surface area contributed by atoms with Gasteiger partial charge in [0.15, 0.2) is 0 Å². The molecule has 1 atom stereocenters. The van der Waals surface area contributed by atoms with Crippen molar-refractivity contribution >= 4 is 31.9 Å². The monoisotopic (exact) mass is 348 g/mol. The van der Waals surface area contributed by atoms with Gasteiger partial charge in [-0.15, -0.1) is 0 Å². The van der Waals surface area contributed by atoms with Gasteiger partial charge >= 0.3 is 5.97 Å². The van der Waals surface area contributed by atoms with E-state index in [0.29, 0.717) is 17.3 Å². The Morgan fingerprint density at radius 2 is 2.21 bits per heavy atom. The van der Waals surface area contributed by atoms with Crippen LogP contribution in [0.1, 0.15) is 19.8 Å². The van der Waals surface area contributed by atoms with Crippen LogP contribution in [0.4, 0.5) is 0 Å². The van der Waals surface area contributed by atoms with Crippen molar-refractivity contribution in [2.75, 3.05) is 6.54 Å². The van der Waals surface area contributed by atoms with Crippen LogP contribution in [0.15, 0.2) is 27.8 Å². The van der Waals surface area contributed by atoms with Crippen molar-refractivity contribution in [3.05, 3.63) is 22.9 Å². The summed E-state index contributed by atoms with van der Waals surface area (Å²) in [4.78, 5) is 15.2. The van der Waals surface area contributed by atoms with E-state index in [1.807, 2.05) is 0 Å². The third-order valence-corrected chi connectivity index (χ3v) is 5.72. The number of aromatic nitrogens is 1. The number of carboxylic acid groups (broad SMARTS) is 1. The first-order valence-electron chi connectivity index (χ1n) is 5.65. The van der Waals surface area contributed by atoms with E-state index in [0.717, 1.165) is 4.31 Å². The fourth-order valence-electron chi connectivity index (χ4n) is 2.20. The molecule has 1 aliphatic heterocycles. The van der Waals surface area contributed by atoms with Gasteiger partial charge in [0.1, 0.15) is 10.4 Å². The zero-order chi connectivity index (χ0) is 14.3. The molecule has 0 radical (unpaired) electrons. The summed E-state index contributed by atoms with van der Waals surface area (Å²) in [5.74, 6) is -1.13. The predicted octanol–water partition coefficient (Wildman–Crippen LogP) is 1.47. The van der Waals surface area contributed by atoms with E-state index < -0.39 is 21.5 Å². The highest BCUT2D eigenvalue weighted by molar-refractivity contribution is 9.10. The lowest BCUT2D eigenvalue weighted by Gasteiger charge is -2.30. The van der Waals surface area contributed by atoms with Gasteiger partial charge in [0.25, 0.3) is 0 Å². The number of hydrogen-bond acceptors (Lipinski definition) is 4. The largest absolute Gasteiger partial charge is 0.480 e.